The molecule has 82 valence electrons. The maximum atomic E-state index is 11.8. The minimum Gasteiger partial charge on any atom is -0.294 e. The second-order valence-electron chi connectivity index (χ2n) is 4.51. The van der Waals surface area contributed by atoms with Gasteiger partial charge in [0.05, 0.1) is 0 Å². The van der Waals surface area contributed by atoms with E-state index < -0.39 is 0 Å². The second kappa shape index (κ2) is 4.10. The largest absolute Gasteiger partial charge is 0.294 e. The summed E-state index contributed by atoms with van der Waals surface area (Å²) < 4.78 is 0. The number of fused-ring (bicyclic) bond motifs is 1. The topological polar surface area (TPSA) is 17.1 Å². The van der Waals surface area contributed by atoms with E-state index in [1.807, 2.05) is 24.3 Å². The van der Waals surface area contributed by atoms with E-state index in [4.69, 9.17) is 0 Å². The lowest BCUT2D eigenvalue weighted by atomic mass is 9.99. The standard InChI is InChI=1S/C14H14OS/c15-13-9-14(12-8-4-7-11(12)13)16-10-5-2-1-3-6-10/h1-3,5-6,9,11-12H,4,7-8H2/t11-,12+/m1/s1. The molecular weight excluding hydrogens is 216 g/mol. The fraction of sp³-hybridized carbons (Fsp3) is 0.357. The van der Waals surface area contributed by atoms with Crippen molar-refractivity contribution in [3.05, 3.63) is 41.3 Å². The van der Waals surface area contributed by atoms with Gasteiger partial charge in [-0.1, -0.05) is 36.4 Å². The normalized spacial score (nSPS) is 28.0. The van der Waals surface area contributed by atoms with Crippen LogP contribution < -0.4 is 0 Å². The van der Waals surface area contributed by atoms with Crippen LogP contribution in [0.5, 0.6) is 0 Å². The summed E-state index contributed by atoms with van der Waals surface area (Å²) in [6, 6.07) is 10.3. The third kappa shape index (κ3) is 1.71. The van der Waals surface area contributed by atoms with Crippen molar-refractivity contribution < 1.29 is 4.79 Å². The Morgan fingerprint density at radius 2 is 1.81 bits per heavy atom. The lowest BCUT2D eigenvalue weighted by Crippen LogP contribution is -2.09. The lowest BCUT2D eigenvalue weighted by Gasteiger charge is -2.12. The minimum absolute atomic E-state index is 0.311. The van der Waals surface area contributed by atoms with Crippen LogP contribution in [0.4, 0.5) is 0 Å². The van der Waals surface area contributed by atoms with Gasteiger partial charge in [-0.3, -0.25) is 4.79 Å². The highest BCUT2D eigenvalue weighted by Gasteiger charge is 2.39. The maximum Gasteiger partial charge on any atom is 0.160 e. The summed E-state index contributed by atoms with van der Waals surface area (Å²) >= 11 is 1.77. The number of allylic oxidation sites excluding steroid dienone is 2. The first-order valence-electron chi connectivity index (χ1n) is 5.83. The Morgan fingerprint density at radius 3 is 2.62 bits per heavy atom. The SMILES string of the molecule is O=C1C=C(Sc2ccccc2)[C@H]2CCC[C@@H]12. The van der Waals surface area contributed by atoms with Crippen molar-refractivity contribution >= 4 is 17.5 Å². The number of thioether (sulfide) groups is 1. The highest BCUT2D eigenvalue weighted by Crippen LogP contribution is 2.48. The lowest BCUT2D eigenvalue weighted by molar-refractivity contribution is -0.117. The molecule has 1 fully saturated rings. The molecule has 2 aliphatic rings. The van der Waals surface area contributed by atoms with Crippen molar-refractivity contribution in [1.29, 1.82) is 0 Å². The highest BCUT2D eigenvalue weighted by molar-refractivity contribution is 8.03. The smallest absolute Gasteiger partial charge is 0.160 e. The zero-order valence-corrected chi connectivity index (χ0v) is 9.87. The molecule has 0 amide bonds. The van der Waals surface area contributed by atoms with Crippen LogP contribution in [0.25, 0.3) is 0 Å². The molecule has 0 unspecified atom stereocenters. The Balaban J connectivity index is 1.81. The van der Waals surface area contributed by atoms with Crippen molar-refractivity contribution in [2.24, 2.45) is 11.8 Å². The van der Waals surface area contributed by atoms with E-state index in [0.29, 0.717) is 17.6 Å². The molecule has 0 aliphatic heterocycles. The summed E-state index contributed by atoms with van der Waals surface area (Å²) in [7, 11) is 0. The number of benzene rings is 1. The van der Waals surface area contributed by atoms with E-state index in [2.05, 4.69) is 12.1 Å². The van der Waals surface area contributed by atoms with Crippen LogP contribution in [0.1, 0.15) is 19.3 Å². The number of rotatable bonds is 2. The van der Waals surface area contributed by atoms with Gasteiger partial charge in [-0.15, -0.1) is 0 Å². The Labute approximate surface area is 99.9 Å². The fourth-order valence-electron chi connectivity index (χ4n) is 2.73. The number of hydrogen-bond acceptors (Lipinski definition) is 2. The summed E-state index contributed by atoms with van der Waals surface area (Å²) in [5.74, 6) is 1.20. The maximum absolute atomic E-state index is 11.8. The van der Waals surface area contributed by atoms with Gasteiger partial charge in [-0.2, -0.15) is 0 Å². The Kier molecular flexibility index (Phi) is 2.60. The predicted molar refractivity (Wildman–Crippen MR) is 66.2 cm³/mol. The van der Waals surface area contributed by atoms with Gasteiger partial charge in [0.25, 0.3) is 0 Å². The third-order valence-corrected chi connectivity index (χ3v) is 4.67. The summed E-state index contributed by atoms with van der Waals surface area (Å²) in [6.07, 6.45) is 5.39. The molecule has 0 saturated heterocycles. The molecule has 0 radical (unpaired) electrons. The molecule has 1 aromatic carbocycles. The Bertz CT molecular complexity index is 435. The van der Waals surface area contributed by atoms with Gasteiger partial charge in [-0.25, -0.2) is 0 Å². The summed E-state index contributed by atoms with van der Waals surface area (Å²) in [4.78, 5) is 14.3. The van der Waals surface area contributed by atoms with E-state index in [-0.39, 0.29) is 0 Å². The number of ketones is 1. The average Bonchev–Trinajstić information content (AvgIpc) is 2.87. The van der Waals surface area contributed by atoms with Gasteiger partial charge >= 0.3 is 0 Å². The molecule has 16 heavy (non-hydrogen) atoms. The first kappa shape index (κ1) is 10.2. The summed E-state index contributed by atoms with van der Waals surface area (Å²) in [5, 5.41) is 0. The zero-order valence-electron chi connectivity index (χ0n) is 9.06. The molecule has 2 atom stereocenters. The van der Waals surface area contributed by atoms with Gasteiger partial charge in [0.1, 0.15) is 0 Å². The molecule has 0 heterocycles. The summed E-state index contributed by atoms with van der Waals surface area (Å²) in [6.45, 7) is 0. The number of carbonyl (C=O) groups is 1. The Hall–Kier alpha value is -1.02. The number of carbonyl (C=O) groups excluding carboxylic acids is 1. The molecule has 1 aromatic rings. The molecule has 2 heteroatoms. The Morgan fingerprint density at radius 1 is 1.06 bits per heavy atom. The molecule has 0 N–H and O–H groups in total. The molecule has 3 rings (SSSR count). The van der Waals surface area contributed by atoms with E-state index in [9.17, 15) is 4.79 Å². The molecule has 0 aromatic heterocycles. The summed E-state index contributed by atoms with van der Waals surface area (Å²) in [5.41, 5.74) is 0. The zero-order chi connectivity index (χ0) is 11.0. The van der Waals surface area contributed by atoms with Crippen molar-refractivity contribution in [1.82, 2.24) is 0 Å². The van der Waals surface area contributed by atoms with Gasteiger partial charge < -0.3 is 0 Å². The number of hydrogen-bond donors (Lipinski definition) is 0. The van der Waals surface area contributed by atoms with Crippen molar-refractivity contribution in [3.63, 3.8) is 0 Å². The first-order chi connectivity index (χ1) is 7.84. The molecule has 1 nitrogen and oxygen atoms in total. The molecule has 2 aliphatic carbocycles. The van der Waals surface area contributed by atoms with Crippen LogP contribution in [-0.2, 0) is 4.79 Å². The van der Waals surface area contributed by atoms with Gasteiger partial charge in [-0.05, 0) is 36.0 Å². The van der Waals surface area contributed by atoms with Gasteiger partial charge in [0.2, 0.25) is 0 Å². The monoisotopic (exact) mass is 230 g/mol. The van der Waals surface area contributed by atoms with Crippen molar-refractivity contribution in [2.75, 3.05) is 0 Å². The quantitative estimate of drug-likeness (QED) is 0.771. The van der Waals surface area contributed by atoms with Crippen LogP contribution in [0.15, 0.2) is 46.2 Å². The van der Waals surface area contributed by atoms with Crippen LogP contribution in [0, 0.1) is 11.8 Å². The highest BCUT2D eigenvalue weighted by atomic mass is 32.2. The van der Waals surface area contributed by atoms with Gasteiger partial charge in [0.15, 0.2) is 5.78 Å². The van der Waals surface area contributed by atoms with Crippen LogP contribution in [-0.4, -0.2) is 5.78 Å². The molecule has 0 spiro atoms. The molecule has 0 bridgehead atoms. The van der Waals surface area contributed by atoms with E-state index in [0.717, 1.165) is 6.42 Å². The first-order valence-corrected chi connectivity index (χ1v) is 6.64. The fourth-order valence-corrected chi connectivity index (χ4v) is 3.90. The molecular formula is C14H14OS. The van der Waals surface area contributed by atoms with Crippen LogP contribution >= 0.6 is 11.8 Å². The van der Waals surface area contributed by atoms with E-state index in [1.165, 1.54) is 22.6 Å². The van der Waals surface area contributed by atoms with Crippen LogP contribution in [0.2, 0.25) is 0 Å². The molecule has 1 saturated carbocycles. The van der Waals surface area contributed by atoms with Crippen LogP contribution in [0.3, 0.4) is 0 Å². The average molecular weight is 230 g/mol. The minimum atomic E-state index is 0.311. The van der Waals surface area contributed by atoms with Crippen molar-refractivity contribution in [3.8, 4) is 0 Å². The van der Waals surface area contributed by atoms with E-state index in [1.54, 1.807) is 11.8 Å². The van der Waals surface area contributed by atoms with E-state index >= 15 is 0 Å². The van der Waals surface area contributed by atoms with Gasteiger partial charge in [0, 0.05) is 16.7 Å². The van der Waals surface area contributed by atoms with Crippen molar-refractivity contribution in [2.45, 2.75) is 24.2 Å². The second-order valence-corrected chi connectivity index (χ2v) is 5.66. The predicted octanol–water partition coefficient (Wildman–Crippen LogP) is 3.66. The third-order valence-electron chi connectivity index (χ3n) is 3.51.